The highest BCUT2D eigenvalue weighted by molar-refractivity contribution is 7.99. The van der Waals surface area contributed by atoms with Crippen LogP contribution in [0.1, 0.15) is 32.1 Å². The lowest BCUT2D eigenvalue weighted by Gasteiger charge is -2.27. The number of carbonyl (C=O) groups is 2. The van der Waals surface area contributed by atoms with E-state index in [0.29, 0.717) is 5.25 Å². The summed E-state index contributed by atoms with van der Waals surface area (Å²) in [6.45, 7) is 0. The van der Waals surface area contributed by atoms with Crippen molar-refractivity contribution in [3.8, 4) is 0 Å². The third kappa shape index (κ3) is 5.64. The first-order valence-corrected chi connectivity index (χ1v) is 7.67. The van der Waals surface area contributed by atoms with Gasteiger partial charge in [0.1, 0.15) is 0 Å². The number of alkyl halides is 1. The number of thioether (sulfide) groups is 1. The van der Waals surface area contributed by atoms with Crippen molar-refractivity contribution in [3.63, 3.8) is 0 Å². The van der Waals surface area contributed by atoms with Crippen LogP contribution in [-0.2, 0) is 4.79 Å². The molecule has 1 rings (SSSR count). The Morgan fingerprint density at radius 2 is 1.94 bits per heavy atom. The van der Waals surface area contributed by atoms with Gasteiger partial charge in [0.05, 0.1) is 0 Å². The highest BCUT2D eigenvalue weighted by Crippen LogP contribution is 2.26. The van der Waals surface area contributed by atoms with Gasteiger partial charge >= 0.3 is 6.03 Å². The number of nitrogens with one attached hydrogen (secondary N) is 2. The molecule has 0 aliphatic heterocycles. The van der Waals surface area contributed by atoms with E-state index in [1.807, 2.05) is 11.8 Å². The minimum Gasteiger partial charge on any atom is -0.335 e. The third-order valence-corrected chi connectivity index (χ3v) is 4.24. The van der Waals surface area contributed by atoms with E-state index < -0.39 is 6.03 Å². The van der Waals surface area contributed by atoms with E-state index in [9.17, 15) is 9.59 Å². The summed E-state index contributed by atoms with van der Waals surface area (Å²) in [7, 11) is 0. The largest absolute Gasteiger partial charge is 0.335 e. The Hall–Kier alpha value is -0.420. The fourth-order valence-electron chi connectivity index (χ4n) is 1.94. The van der Waals surface area contributed by atoms with Gasteiger partial charge in [-0.25, -0.2) is 4.79 Å². The molecule has 0 atom stereocenters. The standard InChI is InChI=1S/C11H19ClN2O2S/c1-17-9-4-2-8(3-5-9)13-11(16)14-10(15)6-7-12/h8-9H,2-7H2,1H3,(H2,13,14,15,16). The lowest BCUT2D eigenvalue weighted by molar-refractivity contribution is -0.119. The van der Waals surface area contributed by atoms with Crippen LogP contribution in [0.3, 0.4) is 0 Å². The Kier molecular flexibility index (Phi) is 6.73. The number of imide groups is 1. The van der Waals surface area contributed by atoms with Gasteiger partial charge in [0.15, 0.2) is 0 Å². The summed E-state index contributed by atoms with van der Waals surface area (Å²) in [5, 5.41) is 5.82. The SMILES string of the molecule is CSC1CCC(NC(=O)NC(=O)CCCl)CC1. The number of halogens is 1. The molecule has 1 fully saturated rings. The molecule has 2 N–H and O–H groups in total. The second-order valence-corrected chi connectivity index (χ2v) is 5.69. The lowest BCUT2D eigenvalue weighted by atomic mass is 9.95. The molecule has 0 spiro atoms. The van der Waals surface area contributed by atoms with Crippen LogP contribution in [0.2, 0.25) is 0 Å². The molecule has 0 bridgehead atoms. The van der Waals surface area contributed by atoms with Gasteiger partial charge in [-0.3, -0.25) is 10.1 Å². The summed E-state index contributed by atoms with van der Waals surface area (Å²) in [5.74, 6) is -0.0897. The van der Waals surface area contributed by atoms with Gasteiger partial charge in [-0.2, -0.15) is 11.8 Å². The third-order valence-electron chi connectivity index (χ3n) is 2.92. The summed E-state index contributed by atoms with van der Waals surface area (Å²) >= 11 is 7.30. The van der Waals surface area contributed by atoms with E-state index in [2.05, 4.69) is 16.9 Å². The molecule has 98 valence electrons. The molecule has 3 amide bonds. The van der Waals surface area contributed by atoms with Crippen molar-refractivity contribution < 1.29 is 9.59 Å². The van der Waals surface area contributed by atoms with E-state index in [-0.39, 0.29) is 24.2 Å². The van der Waals surface area contributed by atoms with Crippen molar-refractivity contribution in [2.75, 3.05) is 12.1 Å². The Bertz CT molecular complexity index is 268. The van der Waals surface area contributed by atoms with Crippen LogP contribution in [0.4, 0.5) is 4.79 Å². The number of hydrogen-bond acceptors (Lipinski definition) is 3. The predicted octanol–water partition coefficient (Wildman–Crippen LogP) is 2.12. The normalized spacial score (nSPS) is 24.1. The second kappa shape index (κ2) is 7.82. The first kappa shape index (κ1) is 14.6. The Morgan fingerprint density at radius 3 is 2.47 bits per heavy atom. The summed E-state index contributed by atoms with van der Waals surface area (Å²) in [6, 6.07) is -0.199. The van der Waals surface area contributed by atoms with Crippen molar-refractivity contribution >= 4 is 35.3 Å². The number of carbonyl (C=O) groups excluding carboxylic acids is 2. The minimum absolute atomic E-state index is 0.175. The molecule has 0 unspecified atom stereocenters. The average molecular weight is 279 g/mol. The smallest absolute Gasteiger partial charge is 0.321 e. The number of rotatable bonds is 4. The molecule has 1 saturated carbocycles. The Labute approximate surface area is 111 Å². The van der Waals surface area contributed by atoms with Crippen molar-refractivity contribution in [1.82, 2.24) is 10.6 Å². The maximum Gasteiger partial charge on any atom is 0.321 e. The fraction of sp³-hybridized carbons (Fsp3) is 0.818. The van der Waals surface area contributed by atoms with Gasteiger partial charge in [0.25, 0.3) is 0 Å². The topological polar surface area (TPSA) is 58.2 Å². The molecule has 0 aromatic rings. The maximum atomic E-state index is 11.5. The van der Waals surface area contributed by atoms with E-state index in [1.165, 1.54) is 0 Å². The van der Waals surface area contributed by atoms with Gasteiger partial charge in [-0.15, -0.1) is 11.6 Å². The average Bonchev–Trinajstić information content (AvgIpc) is 2.30. The molecular weight excluding hydrogens is 260 g/mol. The molecule has 0 aromatic heterocycles. The van der Waals surface area contributed by atoms with Crippen LogP contribution in [0.15, 0.2) is 0 Å². The highest BCUT2D eigenvalue weighted by atomic mass is 35.5. The number of amides is 3. The van der Waals surface area contributed by atoms with Crippen molar-refractivity contribution in [3.05, 3.63) is 0 Å². The van der Waals surface area contributed by atoms with Crippen LogP contribution in [0.25, 0.3) is 0 Å². The highest BCUT2D eigenvalue weighted by Gasteiger charge is 2.22. The molecule has 4 nitrogen and oxygen atoms in total. The van der Waals surface area contributed by atoms with E-state index in [0.717, 1.165) is 25.7 Å². The fourth-order valence-corrected chi connectivity index (χ4v) is 2.85. The molecule has 17 heavy (non-hydrogen) atoms. The van der Waals surface area contributed by atoms with E-state index in [1.54, 1.807) is 0 Å². The monoisotopic (exact) mass is 278 g/mol. The number of urea groups is 1. The van der Waals surface area contributed by atoms with Gasteiger partial charge in [0.2, 0.25) is 5.91 Å². The lowest BCUT2D eigenvalue weighted by Crippen LogP contribution is -2.46. The molecule has 0 radical (unpaired) electrons. The molecule has 0 saturated heterocycles. The minimum atomic E-state index is -0.396. The zero-order valence-electron chi connectivity index (χ0n) is 10.0. The maximum absolute atomic E-state index is 11.5. The van der Waals surface area contributed by atoms with E-state index >= 15 is 0 Å². The Morgan fingerprint density at radius 1 is 1.29 bits per heavy atom. The van der Waals surface area contributed by atoms with Crippen LogP contribution in [0.5, 0.6) is 0 Å². The van der Waals surface area contributed by atoms with Crippen LogP contribution in [0, 0.1) is 0 Å². The summed E-state index contributed by atoms with van der Waals surface area (Å²) < 4.78 is 0. The molecule has 0 aromatic carbocycles. The zero-order chi connectivity index (χ0) is 12.7. The van der Waals surface area contributed by atoms with Crippen LogP contribution >= 0.6 is 23.4 Å². The first-order valence-electron chi connectivity index (χ1n) is 5.84. The van der Waals surface area contributed by atoms with Crippen molar-refractivity contribution in [1.29, 1.82) is 0 Å². The van der Waals surface area contributed by atoms with Crippen LogP contribution in [-0.4, -0.2) is 35.4 Å². The zero-order valence-corrected chi connectivity index (χ0v) is 11.6. The van der Waals surface area contributed by atoms with Crippen molar-refractivity contribution in [2.45, 2.75) is 43.4 Å². The van der Waals surface area contributed by atoms with E-state index in [4.69, 9.17) is 11.6 Å². The number of hydrogen-bond donors (Lipinski definition) is 2. The molecule has 6 heteroatoms. The molecule has 1 aliphatic carbocycles. The summed E-state index contributed by atoms with van der Waals surface area (Å²) in [6.07, 6.45) is 6.53. The van der Waals surface area contributed by atoms with Gasteiger partial charge < -0.3 is 5.32 Å². The molecule has 0 heterocycles. The van der Waals surface area contributed by atoms with Gasteiger partial charge in [-0.1, -0.05) is 0 Å². The van der Waals surface area contributed by atoms with Gasteiger partial charge in [-0.05, 0) is 31.9 Å². The molecule has 1 aliphatic rings. The quantitative estimate of drug-likeness (QED) is 0.775. The Balaban J connectivity index is 2.21. The summed E-state index contributed by atoms with van der Waals surface area (Å²) in [5.41, 5.74) is 0. The molecular formula is C11H19ClN2O2S. The second-order valence-electron chi connectivity index (χ2n) is 4.17. The van der Waals surface area contributed by atoms with Crippen LogP contribution < -0.4 is 10.6 Å². The first-order chi connectivity index (χ1) is 8.15. The van der Waals surface area contributed by atoms with Crippen molar-refractivity contribution in [2.24, 2.45) is 0 Å². The predicted molar refractivity (Wildman–Crippen MR) is 71.6 cm³/mol. The van der Waals surface area contributed by atoms with Gasteiger partial charge in [0, 0.05) is 23.6 Å². The summed E-state index contributed by atoms with van der Waals surface area (Å²) in [4.78, 5) is 22.6.